The number of carbonyl (C=O) groups is 1. The fourth-order valence-electron chi connectivity index (χ4n) is 2.79. The minimum absolute atomic E-state index is 0.0390. The number of hydrogen-bond donors (Lipinski definition) is 1. The molecule has 2 rings (SSSR count). The van der Waals surface area contributed by atoms with E-state index in [1.54, 1.807) is 0 Å². The molecule has 0 spiro atoms. The van der Waals surface area contributed by atoms with Crippen molar-refractivity contribution in [2.45, 2.75) is 70.9 Å². The second kappa shape index (κ2) is 7.02. The van der Waals surface area contributed by atoms with Crippen LogP contribution >= 0.6 is 0 Å². The quantitative estimate of drug-likeness (QED) is 0.869. The van der Waals surface area contributed by atoms with E-state index in [0.29, 0.717) is 24.8 Å². The van der Waals surface area contributed by atoms with Crippen LogP contribution in [0.25, 0.3) is 0 Å². The molecule has 0 radical (unpaired) electrons. The van der Waals surface area contributed by atoms with E-state index in [4.69, 9.17) is 5.73 Å². The van der Waals surface area contributed by atoms with E-state index in [-0.39, 0.29) is 11.8 Å². The Morgan fingerprint density at radius 3 is 2.75 bits per heavy atom. The largest absolute Gasteiger partial charge is 0.327 e. The van der Waals surface area contributed by atoms with Gasteiger partial charge in [-0.25, -0.2) is 0 Å². The maximum Gasteiger partial charge on any atom is 0.140 e. The van der Waals surface area contributed by atoms with Gasteiger partial charge in [-0.1, -0.05) is 33.1 Å². The Morgan fingerprint density at radius 2 is 2.10 bits per heavy atom. The van der Waals surface area contributed by atoms with Crippen molar-refractivity contribution in [1.82, 2.24) is 9.78 Å². The number of Topliss-reactive ketones (excluding diaryl/α,β-unsaturated/α-hetero) is 1. The molecule has 2 N–H and O–H groups in total. The van der Waals surface area contributed by atoms with Gasteiger partial charge in [0.15, 0.2) is 0 Å². The fraction of sp³-hybridized carbons (Fsp3) is 0.750. The van der Waals surface area contributed by atoms with Crippen LogP contribution in [0.2, 0.25) is 0 Å². The Labute approximate surface area is 121 Å². The molecule has 1 heterocycles. The van der Waals surface area contributed by atoms with Crippen molar-refractivity contribution in [3.8, 4) is 0 Å². The molecular weight excluding hydrogens is 250 g/mol. The minimum Gasteiger partial charge on any atom is -0.327 e. The lowest BCUT2D eigenvalue weighted by molar-refractivity contribution is -0.119. The van der Waals surface area contributed by atoms with Crippen molar-refractivity contribution in [3.63, 3.8) is 0 Å². The highest BCUT2D eigenvalue weighted by Crippen LogP contribution is 2.27. The normalized spacial score (nSPS) is 18.4. The Balaban J connectivity index is 1.87. The predicted octanol–water partition coefficient (Wildman–Crippen LogP) is 2.87. The van der Waals surface area contributed by atoms with E-state index in [1.165, 1.54) is 32.1 Å². The van der Waals surface area contributed by atoms with Gasteiger partial charge in [0.2, 0.25) is 0 Å². The van der Waals surface area contributed by atoms with Gasteiger partial charge in [-0.15, -0.1) is 0 Å². The maximum absolute atomic E-state index is 12.0. The highest BCUT2D eigenvalue weighted by molar-refractivity contribution is 5.81. The van der Waals surface area contributed by atoms with Gasteiger partial charge in [0, 0.05) is 18.7 Å². The topological polar surface area (TPSA) is 60.9 Å². The van der Waals surface area contributed by atoms with Crippen molar-refractivity contribution < 1.29 is 4.79 Å². The first-order valence-electron chi connectivity index (χ1n) is 7.87. The van der Waals surface area contributed by atoms with Crippen LogP contribution in [0.15, 0.2) is 12.3 Å². The molecule has 1 aromatic heterocycles. The Bertz CT molecular complexity index is 433. The molecule has 1 fully saturated rings. The summed E-state index contributed by atoms with van der Waals surface area (Å²) >= 11 is 0. The van der Waals surface area contributed by atoms with E-state index in [0.717, 1.165) is 5.69 Å². The number of aromatic nitrogens is 2. The molecule has 1 saturated carbocycles. The number of rotatable bonds is 6. The van der Waals surface area contributed by atoms with Crippen molar-refractivity contribution in [1.29, 1.82) is 0 Å². The molecule has 4 nitrogen and oxygen atoms in total. The number of carbonyl (C=O) groups excluding carboxylic acids is 1. The number of hydrogen-bond acceptors (Lipinski definition) is 3. The van der Waals surface area contributed by atoms with Crippen LogP contribution in [0.5, 0.6) is 0 Å². The molecule has 1 aromatic rings. The average molecular weight is 277 g/mol. The number of nitrogens with zero attached hydrogens (tertiary/aromatic N) is 2. The lowest BCUT2D eigenvalue weighted by Gasteiger charge is -2.21. The van der Waals surface area contributed by atoms with Gasteiger partial charge in [-0.3, -0.25) is 9.48 Å². The van der Waals surface area contributed by atoms with Crippen LogP contribution in [-0.2, 0) is 11.2 Å². The predicted molar refractivity (Wildman–Crippen MR) is 80.5 cm³/mol. The second-order valence-electron chi connectivity index (χ2n) is 6.41. The third kappa shape index (κ3) is 4.17. The summed E-state index contributed by atoms with van der Waals surface area (Å²) in [6, 6.07) is 2.47. The molecule has 4 heteroatoms. The number of ketones is 1. The summed E-state index contributed by atoms with van der Waals surface area (Å²) in [5.74, 6) is 0.541. The van der Waals surface area contributed by atoms with Gasteiger partial charge in [0.25, 0.3) is 0 Å². The van der Waals surface area contributed by atoms with Crippen molar-refractivity contribution in [2.75, 3.05) is 0 Å². The first-order chi connectivity index (χ1) is 9.56. The van der Waals surface area contributed by atoms with Crippen LogP contribution in [0.1, 0.15) is 64.1 Å². The lowest BCUT2D eigenvalue weighted by Crippen LogP contribution is -2.29. The van der Waals surface area contributed by atoms with E-state index in [1.807, 2.05) is 12.3 Å². The molecule has 0 aliphatic heterocycles. The fourth-order valence-corrected chi connectivity index (χ4v) is 2.79. The zero-order valence-electron chi connectivity index (χ0n) is 12.7. The lowest BCUT2D eigenvalue weighted by atomic mass is 9.96. The standard InChI is InChI=1S/C16H27N3O/c1-12(2)16(17)11-15(20)10-13-8-9-19(18-13)14-6-4-3-5-7-14/h8-9,12,14,16H,3-7,10-11,17H2,1-2H3. The average Bonchev–Trinajstić information content (AvgIpc) is 2.88. The molecule has 1 aliphatic rings. The molecule has 0 bridgehead atoms. The molecule has 1 unspecified atom stereocenters. The van der Waals surface area contributed by atoms with Crippen LogP contribution in [-0.4, -0.2) is 21.6 Å². The molecule has 0 amide bonds. The van der Waals surface area contributed by atoms with Crippen LogP contribution in [0.4, 0.5) is 0 Å². The van der Waals surface area contributed by atoms with Crippen LogP contribution < -0.4 is 5.73 Å². The molecule has 0 saturated heterocycles. The van der Waals surface area contributed by atoms with Gasteiger partial charge < -0.3 is 5.73 Å². The van der Waals surface area contributed by atoms with Crippen LogP contribution in [0.3, 0.4) is 0 Å². The van der Waals surface area contributed by atoms with Crippen molar-refractivity contribution >= 4 is 5.78 Å². The molecule has 1 aliphatic carbocycles. The Morgan fingerprint density at radius 1 is 1.40 bits per heavy atom. The second-order valence-corrected chi connectivity index (χ2v) is 6.41. The maximum atomic E-state index is 12.0. The van der Waals surface area contributed by atoms with Crippen molar-refractivity contribution in [2.24, 2.45) is 11.7 Å². The summed E-state index contributed by atoms with van der Waals surface area (Å²) in [6.45, 7) is 4.10. The summed E-state index contributed by atoms with van der Waals surface area (Å²) in [4.78, 5) is 12.0. The first kappa shape index (κ1) is 15.2. The smallest absolute Gasteiger partial charge is 0.140 e. The Kier molecular flexibility index (Phi) is 5.35. The zero-order valence-corrected chi connectivity index (χ0v) is 12.7. The summed E-state index contributed by atoms with van der Waals surface area (Å²) < 4.78 is 2.06. The summed E-state index contributed by atoms with van der Waals surface area (Å²) in [6.07, 6.45) is 9.26. The molecular formula is C16H27N3O. The third-order valence-corrected chi connectivity index (χ3v) is 4.31. The molecule has 20 heavy (non-hydrogen) atoms. The summed E-state index contributed by atoms with van der Waals surface area (Å²) in [5, 5.41) is 4.58. The van der Waals surface area contributed by atoms with Gasteiger partial charge in [0.1, 0.15) is 5.78 Å². The SMILES string of the molecule is CC(C)C(N)CC(=O)Cc1ccn(C2CCCCC2)n1. The molecule has 0 aromatic carbocycles. The van der Waals surface area contributed by atoms with E-state index < -0.39 is 0 Å². The van der Waals surface area contributed by atoms with E-state index >= 15 is 0 Å². The monoisotopic (exact) mass is 277 g/mol. The first-order valence-corrected chi connectivity index (χ1v) is 7.87. The summed E-state index contributed by atoms with van der Waals surface area (Å²) in [7, 11) is 0. The van der Waals surface area contributed by atoms with Gasteiger partial charge in [-0.2, -0.15) is 5.10 Å². The highest BCUT2D eigenvalue weighted by Gasteiger charge is 2.18. The Hall–Kier alpha value is -1.16. The van der Waals surface area contributed by atoms with E-state index in [9.17, 15) is 4.79 Å². The number of nitrogens with two attached hydrogens (primary N) is 1. The van der Waals surface area contributed by atoms with E-state index in [2.05, 4.69) is 23.6 Å². The minimum atomic E-state index is -0.0390. The molecule has 1 atom stereocenters. The zero-order chi connectivity index (χ0) is 14.5. The van der Waals surface area contributed by atoms with Crippen molar-refractivity contribution in [3.05, 3.63) is 18.0 Å². The van der Waals surface area contributed by atoms with Gasteiger partial charge in [0.05, 0.1) is 18.2 Å². The van der Waals surface area contributed by atoms with Crippen LogP contribution in [0, 0.1) is 5.92 Å². The van der Waals surface area contributed by atoms with Gasteiger partial charge >= 0.3 is 0 Å². The summed E-state index contributed by atoms with van der Waals surface area (Å²) in [5.41, 5.74) is 6.83. The third-order valence-electron chi connectivity index (χ3n) is 4.31. The molecule has 112 valence electrons. The van der Waals surface area contributed by atoms with Gasteiger partial charge in [-0.05, 0) is 24.8 Å². The highest BCUT2D eigenvalue weighted by atomic mass is 16.1.